The van der Waals surface area contributed by atoms with Gasteiger partial charge in [0.15, 0.2) is 5.78 Å². The van der Waals surface area contributed by atoms with E-state index in [0.717, 1.165) is 4.90 Å². The van der Waals surface area contributed by atoms with Crippen molar-refractivity contribution in [2.24, 2.45) is 4.99 Å². The first kappa shape index (κ1) is 24.9. The maximum atomic E-state index is 13.2. The fourth-order valence-corrected chi connectivity index (χ4v) is 5.31. The number of aliphatic imine (C=N–C) groups is 1. The fourth-order valence-electron chi connectivity index (χ4n) is 4.85. The highest BCUT2D eigenvalue weighted by atomic mass is 35.5. The third kappa shape index (κ3) is 4.34. The monoisotopic (exact) mass is 539 g/mol. The van der Waals surface area contributed by atoms with Crippen molar-refractivity contribution in [1.29, 1.82) is 0 Å². The van der Waals surface area contributed by atoms with E-state index in [9.17, 15) is 29.1 Å². The third-order valence-electron chi connectivity index (χ3n) is 6.68. The molecule has 0 radical (unpaired) electrons. The first-order valence-electron chi connectivity index (χ1n) is 11.4. The molecule has 2 unspecified atom stereocenters. The van der Waals surface area contributed by atoms with Crippen LogP contribution in [0.3, 0.4) is 0 Å². The molecule has 3 aliphatic rings. The Balaban J connectivity index is 1.42. The fraction of sp³-hybridized carbons (Fsp3) is 0.231. The molecule has 4 amide bonds. The molecular formula is C26H19Cl2N3O6. The molecule has 2 aliphatic heterocycles. The van der Waals surface area contributed by atoms with Crippen molar-refractivity contribution in [1.82, 2.24) is 10.2 Å². The molecule has 11 heteroatoms. The lowest BCUT2D eigenvalue weighted by atomic mass is 9.83. The Hall–Kier alpha value is -3.82. The molecule has 0 aromatic heterocycles. The number of hydrogen-bond donors (Lipinski definition) is 2. The zero-order chi connectivity index (χ0) is 26.4. The SMILES string of the molecule is O=C1CCC(N2C(=O)c3cccc(N=CC4=C(O)CC(c5cccc(Cl)c5Cl)CC4=O)c3C2=O)C(=O)N1. The van der Waals surface area contributed by atoms with Gasteiger partial charge in [-0.25, -0.2) is 0 Å². The first-order valence-corrected chi connectivity index (χ1v) is 12.2. The minimum absolute atomic E-state index is 0.00571. The summed E-state index contributed by atoms with van der Waals surface area (Å²) >= 11 is 12.4. The van der Waals surface area contributed by atoms with E-state index in [1.54, 1.807) is 18.2 Å². The van der Waals surface area contributed by atoms with Gasteiger partial charge in [-0.3, -0.25) is 39.2 Å². The molecule has 5 rings (SSSR count). The van der Waals surface area contributed by atoms with Crippen LogP contribution in [0, 0.1) is 0 Å². The van der Waals surface area contributed by atoms with E-state index in [1.807, 2.05) is 0 Å². The highest BCUT2D eigenvalue weighted by Crippen LogP contribution is 2.39. The molecule has 1 fully saturated rings. The zero-order valence-electron chi connectivity index (χ0n) is 19.2. The van der Waals surface area contributed by atoms with E-state index >= 15 is 0 Å². The van der Waals surface area contributed by atoms with Gasteiger partial charge in [0.2, 0.25) is 11.8 Å². The molecule has 9 nitrogen and oxygen atoms in total. The maximum absolute atomic E-state index is 13.2. The van der Waals surface area contributed by atoms with Crippen molar-refractivity contribution in [3.63, 3.8) is 0 Å². The minimum atomic E-state index is -1.11. The van der Waals surface area contributed by atoms with Crippen LogP contribution >= 0.6 is 23.2 Å². The molecule has 0 saturated carbocycles. The highest BCUT2D eigenvalue weighted by Gasteiger charge is 2.45. The van der Waals surface area contributed by atoms with Crippen molar-refractivity contribution in [3.05, 3.63) is 74.5 Å². The van der Waals surface area contributed by atoms with Crippen molar-refractivity contribution in [3.8, 4) is 0 Å². The normalized spacial score (nSPS) is 22.2. The van der Waals surface area contributed by atoms with Gasteiger partial charge in [-0.15, -0.1) is 0 Å². The van der Waals surface area contributed by atoms with Crippen LogP contribution in [0.15, 0.2) is 52.7 Å². The summed E-state index contributed by atoms with van der Waals surface area (Å²) in [7, 11) is 0. The number of nitrogens with one attached hydrogen (secondary N) is 1. The number of imide groups is 2. The van der Waals surface area contributed by atoms with E-state index in [1.165, 1.54) is 24.4 Å². The summed E-state index contributed by atoms with van der Waals surface area (Å²) < 4.78 is 0. The molecule has 2 aromatic rings. The van der Waals surface area contributed by atoms with Crippen molar-refractivity contribution in [2.75, 3.05) is 0 Å². The van der Waals surface area contributed by atoms with Crippen molar-refractivity contribution < 1.29 is 29.1 Å². The third-order valence-corrected chi connectivity index (χ3v) is 7.52. The number of fused-ring (bicyclic) bond motifs is 1. The van der Waals surface area contributed by atoms with Gasteiger partial charge < -0.3 is 5.11 Å². The zero-order valence-corrected chi connectivity index (χ0v) is 20.7. The van der Waals surface area contributed by atoms with Crippen molar-refractivity contribution >= 4 is 64.5 Å². The predicted octanol–water partition coefficient (Wildman–Crippen LogP) is 4.06. The maximum Gasteiger partial charge on any atom is 0.264 e. The Morgan fingerprint density at radius 3 is 2.49 bits per heavy atom. The average molecular weight is 540 g/mol. The molecule has 1 saturated heterocycles. The molecular weight excluding hydrogens is 521 g/mol. The van der Waals surface area contributed by atoms with Gasteiger partial charge in [0.25, 0.3) is 11.8 Å². The van der Waals surface area contributed by atoms with Gasteiger partial charge in [-0.05, 0) is 36.1 Å². The number of benzene rings is 2. The number of ketones is 1. The topological polar surface area (TPSA) is 133 Å². The highest BCUT2D eigenvalue weighted by molar-refractivity contribution is 6.42. The van der Waals surface area contributed by atoms with Gasteiger partial charge in [0, 0.05) is 25.5 Å². The summed E-state index contributed by atoms with van der Waals surface area (Å²) in [6.45, 7) is 0. The Morgan fingerprint density at radius 1 is 1.00 bits per heavy atom. The lowest BCUT2D eigenvalue weighted by Gasteiger charge is -2.27. The summed E-state index contributed by atoms with van der Waals surface area (Å²) in [6, 6.07) is 8.47. The van der Waals surface area contributed by atoms with E-state index in [4.69, 9.17) is 23.2 Å². The molecule has 2 atom stereocenters. The molecule has 37 heavy (non-hydrogen) atoms. The molecule has 0 bridgehead atoms. The smallest absolute Gasteiger partial charge is 0.264 e. The number of hydrogen-bond acceptors (Lipinski definition) is 7. The van der Waals surface area contributed by atoms with E-state index in [0.29, 0.717) is 15.6 Å². The number of nitrogens with zero attached hydrogens (tertiary/aromatic N) is 2. The van der Waals surface area contributed by atoms with Crippen LogP contribution in [0.2, 0.25) is 10.0 Å². The molecule has 188 valence electrons. The number of halogens is 2. The summed E-state index contributed by atoms with van der Waals surface area (Å²) in [5.41, 5.74) is 0.807. The summed E-state index contributed by atoms with van der Waals surface area (Å²) in [5, 5.41) is 13.5. The molecule has 2 heterocycles. The molecule has 0 spiro atoms. The molecule has 2 N–H and O–H groups in total. The Labute approximate surface area is 220 Å². The number of amides is 4. The van der Waals surface area contributed by atoms with Gasteiger partial charge in [0.05, 0.1) is 32.4 Å². The standard InChI is InChI=1S/C26H19Cl2N3O6/c27-16-5-1-3-13(23(16)28)12-9-19(32)15(20(33)10-12)11-29-17-6-2-4-14-22(17)26(37)31(25(14)36)18-7-8-21(34)30-24(18)35/h1-6,11-12,18,32H,7-10H2,(H,30,34,35). The number of aliphatic hydroxyl groups is 1. The van der Waals surface area contributed by atoms with Gasteiger partial charge in [-0.1, -0.05) is 41.4 Å². The number of aliphatic hydroxyl groups excluding tert-OH is 1. The van der Waals surface area contributed by atoms with Gasteiger partial charge >= 0.3 is 0 Å². The number of Topliss-reactive ketones (excluding diaryl/α,β-unsaturated/α-hetero) is 1. The number of allylic oxidation sites excluding steroid dienone is 2. The van der Waals surface area contributed by atoms with E-state index < -0.39 is 29.7 Å². The van der Waals surface area contributed by atoms with Crippen LogP contribution in [0.5, 0.6) is 0 Å². The van der Waals surface area contributed by atoms with Crippen LogP contribution in [0.25, 0.3) is 0 Å². The Bertz CT molecular complexity index is 1460. The average Bonchev–Trinajstić information content (AvgIpc) is 3.11. The van der Waals surface area contributed by atoms with Gasteiger partial charge in [0.1, 0.15) is 11.8 Å². The van der Waals surface area contributed by atoms with Gasteiger partial charge in [-0.2, -0.15) is 0 Å². The second kappa shape index (κ2) is 9.57. The number of rotatable bonds is 4. The summed E-state index contributed by atoms with van der Waals surface area (Å²) in [6.07, 6.45) is 1.42. The first-order chi connectivity index (χ1) is 17.7. The number of piperidine rings is 1. The summed E-state index contributed by atoms with van der Waals surface area (Å²) in [4.78, 5) is 68.0. The van der Waals surface area contributed by atoms with E-state index in [-0.39, 0.29) is 65.5 Å². The number of carbonyl (C=O) groups is 5. The van der Waals surface area contributed by atoms with Crippen LogP contribution in [-0.4, -0.2) is 51.7 Å². The quantitative estimate of drug-likeness (QED) is 0.444. The summed E-state index contributed by atoms with van der Waals surface area (Å²) in [5.74, 6) is -3.47. The van der Waals surface area contributed by atoms with Crippen LogP contribution in [-0.2, 0) is 14.4 Å². The van der Waals surface area contributed by atoms with Crippen LogP contribution in [0.4, 0.5) is 5.69 Å². The lowest BCUT2D eigenvalue weighted by molar-refractivity contribution is -0.136. The molecule has 1 aliphatic carbocycles. The Morgan fingerprint density at radius 2 is 1.76 bits per heavy atom. The Kier molecular flexibility index (Phi) is 6.43. The van der Waals surface area contributed by atoms with Crippen molar-refractivity contribution in [2.45, 2.75) is 37.6 Å². The second-order valence-corrected chi connectivity index (χ2v) is 9.72. The van der Waals surface area contributed by atoms with Crippen LogP contribution in [0.1, 0.15) is 57.9 Å². The minimum Gasteiger partial charge on any atom is -0.511 e. The largest absolute Gasteiger partial charge is 0.511 e. The second-order valence-electron chi connectivity index (χ2n) is 8.94. The molecule has 2 aromatic carbocycles. The van der Waals surface area contributed by atoms with Crippen LogP contribution < -0.4 is 5.32 Å². The van der Waals surface area contributed by atoms with E-state index in [2.05, 4.69) is 10.3 Å². The number of carbonyl (C=O) groups excluding carboxylic acids is 5. The lowest BCUT2D eigenvalue weighted by Crippen LogP contribution is -2.54. The predicted molar refractivity (Wildman–Crippen MR) is 134 cm³/mol.